The number of benzene rings is 4. The Bertz CT molecular complexity index is 1890. The zero-order valence-corrected chi connectivity index (χ0v) is 20.3. The first-order valence-corrected chi connectivity index (χ1v) is 13.0. The van der Waals surface area contributed by atoms with Crippen LogP contribution in [0.15, 0.2) is 106 Å². The Morgan fingerprint density at radius 2 is 1.62 bits per heavy atom. The van der Waals surface area contributed by atoms with E-state index in [4.69, 9.17) is 9.41 Å². The minimum Gasteiger partial charge on any atom is -0.438 e. The number of fused-ring (bicyclic) bond motifs is 7. The minimum absolute atomic E-state index is 0.165. The molecule has 1 N–H and O–H groups in total. The van der Waals surface area contributed by atoms with E-state index in [1.165, 1.54) is 32.9 Å². The molecule has 8 rings (SSSR count). The first-order chi connectivity index (χ1) is 18.3. The number of allylic oxidation sites excluding steroid dienone is 1. The molecular formula is C33H25N3O. The van der Waals surface area contributed by atoms with Gasteiger partial charge in [-0.05, 0) is 59.9 Å². The molecule has 1 atom stereocenters. The van der Waals surface area contributed by atoms with E-state index in [0.29, 0.717) is 5.88 Å². The summed E-state index contributed by atoms with van der Waals surface area (Å²) in [7, 11) is 0. The van der Waals surface area contributed by atoms with Crippen molar-refractivity contribution < 1.29 is 4.42 Å². The maximum Gasteiger partial charge on any atom is 0.229 e. The van der Waals surface area contributed by atoms with Crippen LogP contribution in [0.4, 0.5) is 5.88 Å². The fourth-order valence-electron chi connectivity index (χ4n) is 6.07. The number of aryl methyl sites for hydroxylation is 1. The molecule has 0 saturated heterocycles. The van der Waals surface area contributed by atoms with Gasteiger partial charge < -0.3 is 14.3 Å². The molecule has 0 bridgehead atoms. The number of nitrogens with one attached hydrogen (secondary N) is 1. The molecule has 1 aliphatic carbocycles. The van der Waals surface area contributed by atoms with E-state index in [-0.39, 0.29) is 6.17 Å². The molecule has 0 amide bonds. The average Bonchev–Trinajstić information content (AvgIpc) is 3.35. The van der Waals surface area contributed by atoms with Crippen LogP contribution in [-0.2, 0) is 6.42 Å². The second-order valence-electron chi connectivity index (χ2n) is 9.94. The highest BCUT2D eigenvalue weighted by Crippen LogP contribution is 2.44. The van der Waals surface area contributed by atoms with Gasteiger partial charge in [-0.1, -0.05) is 78.9 Å². The topological polar surface area (TPSA) is 42.5 Å². The summed E-state index contributed by atoms with van der Waals surface area (Å²) in [6, 6.07) is 32.0. The predicted octanol–water partition coefficient (Wildman–Crippen LogP) is 8.12. The fraction of sp³-hybridized carbons (Fsp3) is 0.121. The van der Waals surface area contributed by atoms with Crippen molar-refractivity contribution in [2.75, 3.05) is 0 Å². The Morgan fingerprint density at radius 3 is 2.51 bits per heavy atom. The summed E-state index contributed by atoms with van der Waals surface area (Å²) in [5.41, 5.74) is 6.92. The van der Waals surface area contributed by atoms with Crippen molar-refractivity contribution in [3.05, 3.63) is 119 Å². The zero-order chi connectivity index (χ0) is 24.3. The maximum absolute atomic E-state index is 6.36. The van der Waals surface area contributed by atoms with Gasteiger partial charge in [0.05, 0.1) is 11.1 Å². The van der Waals surface area contributed by atoms with Crippen molar-refractivity contribution in [3.8, 4) is 0 Å². The van der Waals surface area contributed by atoms with Crippen molar-refractivity contribution in [2.24, 2.45) is 4.99 Å². The van der Waals surface area contributed by atoms with E-state index in [2.05, 4.69) is 94.8 Å². The summed E-state index contributed by atoms with van der Waals surface area (Å²) < 4.78 is 8.85. The zero-order valence-electron chi connectivity index (χ0n) is 20.3. The molecule has 6 aromatic rings. The van der Waals surface area contributed by atoms with Gasteiger partial charge in [-0.3, -0.25) is 0 Å². The van der Waals surface area contributed by atoms with Gasteiger partial charge in [0, 0.05) is 22.0 Å². The average molecular weight is 480 g/mol. The molecule has 0 saturated carbocycles. The number of hydrogen-bond acceptors (Lipinski definition) is 3. The lowest BCUT2D eigenvalue weighted by Crippen LogP contribution is -2.36. The van der Waals surface area contributed by atoms with Gasteiger partial charge in [0.1, 0.15) is 17.6 Å². The van der Waals surface area contributed by atoms with Gasteiger partial charge >= 0.3 is 0 Å². The molecule has 4 heteroatoms. The number of para-hydroxylation sites is 1. The molecule has 2 aliphatic rings. The minimum atomic E-state index is -0.165. The molecule has 37 heavy (non-hydrogen) atoms. The van der Waals surface area contributed by atoms with Crippen LogP contribution < -0.4 is 5.32 Å². The highest BCUT2D eigenvalue weighted by molar-refractivity contribution is 6.04. The third-order valence-electron chi connectivity index (χ3n) is 7.77. The van der Waals surface area contributed by atoms with Gasteiger partial charge in [0.2, 0.25) is 5.88 Å². The molecule has 0 spiro atoms. The summed E-state index contributed by atoms with van der Waals surface area (Å²) in [5, 5.41) is 8.79. The first kappa shape index (κ1) is 20.6. The van der Waals surface area contributed by atoms with Crippen LogP contribution in [0.2, 0.25) is 0 Å². The third kappa shape index (κ3) is 3.12. The van der Waals surface area contributed by atoms with E-state index < -0.39 is 0 Å². The smallest absolute Gasteiger partial charge is 0.229 e. The Balaban J connectivity index is 1.46. The van der Waals surface area contributed by atoms with Crippen molar-refractivity contribution in [1.29, 1.82) is 0 Å². The van der Waals surface area contributed by atoms with E-state index in [1.54, 1.807) is 0 Å². The standard InChI is InChI=1S/C33H25N3O/c1-3-11-21(12-4-1)31-34-32(30-25-16-9-10-18-29(25)37-33(30)35-31)36-27-17-6-2-5-15-24(27)26-19-22-13-7-8-14-23(22)20-28(26)36/h1,3-4,6-14,16-20,32H,2,5,15H2,(H,34,35). The summed E-state index contributed by atoms with van der Waals surface area (Å²) in [6.45, 7) is 0. The van der Waals surface area contributed by atoms with Crippen LogP contribution in [0, 0.1) is 0 Å². The normalized spacial score (nSPS) is 16.9. The van der Waals surface area contributed by atoms with Crippen LogP contribution in [0.25, 0.3) is 38.7 Å². The fourth-order valence-corrected chi connectivity index (χ4v) is 6.07. The molecule has 1 aliphatic heterocycles. The van der Waals surface area contributed by atoms with Gasteiger partial charge in [-0.25, -0.2) is 0 Å². The quantitative estimate of drug-likeness (QED) is 0.272. The number of rotatable bonds is 2. The van der Waals surface area contributed by atoms with Crippen molar-refractivity contribution in [1.82, 2.24) is 9.88 Å². The van der Waals surface area contributed by atoms with Crippen molar-refractivity contribution in [2.45, 2.75) is 25.4 Å². The maximum atomic E-state index is 6.36. The number of amidine groups is 1. The Hall–Kier alpha value is -4.57. The number of aromatic nitrogens is 1. The van der Waals surface area contributed by atoms with Gasteiger partial charge in [0.15, 0.2) is 0 Å². The Kier molecular flexibility index (Phi) is 4.44. The van der Waals surface area contributed by atoms with Crippen LogP contribution in [0.5, 0.6) is 0 Å². The summed E-state index contributed by atoms with van der Waals surface area (Å²) in [6.07, 6.45) is 7.80. The number of furan rings is 1. The summed E-state index contributed by atoms with van der Waals surface area (Å²) in [5.74, 6) is 1.50. The highest BCUT2D eigenvalue weighted by atomic mass is 16.3. The number of aliphatic imine (C=N–C) groups is 1. The largest absolute Gasteiger partial charge is 0.438 e. The Morgan fingerprint density at radius 1 is 0.838 bits per heavy atom. The molecule has 3 heterocycles. The number of hydrogen-bond donors (Lipinski definition) is 1. The molecule has 178 valence electrons. The van der Waals surface area contributed by atoms with Crippen LogP contribution in [0.1, 0.15) is 41.4 Å². The van der Waals surface area contributed by atoms with Crippen molar-refractivity contribution >= 4 is 50.4 Å². The van der Waals surface area contributed by atoms with Crippen LogP contribution >= 0.6 is 0 Å². The second-order valence-corrected chi connectivity index (χ2v) is 9.94. The van der Waals surface area contributed by atoms with Gasteiger partial charge in [0.25, 0.3) is 0 Å². The van der Waals surface area contributed by atoms with E-state index in [1.807, 2.05) is 18.2 Å². The van der Waals surface area contributed by atoms with Crippen LogP contribution in [0.3, 0.4) is 0 Å². The highest BCUT2D eigenvalue weighted by Gasteiger charge is 2.33. The first-order valence-electron chi connectivity index (χ1n) is 13.0. The molecule has 0 radical (unpaired) electrons. The lowest BCUT2D eigenvalue weighted by atomic mass is 10.0. The van der Waals surface area contributed by atoms with Gasteiger partial charge in [-0.2, -0.15) is 4.99 Å². The summed E-state index contributed by atoms with van der Waals surface area (Å²) in [4.78, 5) is 4.98. The third-order valence-corrected chi connectivity index (χ3v) is 7.77. The monoisotopic (exact) mass is 479 g/mol. The SMILES string of the molecule is C1=Cc2c(c3cc4ccccc4cc3n2C2NC(c3ccccc3)=Nc3oc4ccccc4c32)CCC1. The van der Waals surface area contributed by atoms with Crippen molar-refractivity contribution in [3.63, 3.8) is 0 Å². The Labute approximate surface area is 214 Å². The molecule has 1 unspecified atom stereocenters. The predicted molar refractivity (Wildman–Crippen MR) is 152 cm³/mol. The van der Waals surface area contributed by atoms with E-state index in [0.717, 1.165) is 47.2 Å². The summed E-state index contributed by atoms with van der Waals surface area (Å²) >= 11 is 0. The molecule has 2 aromatic heterocycles. The lowest BCUT2D eigenvalue weighted by Gasteiger charge is -2.28. The molecule has 4 aromatic carbocycles. The number of nitrogens with zero attached hydrogens (tertiary/aromatic N) is 2. The molecular weight excluding hydrogens is 454 g/mol. The van der Waals surface area contributed by atoms with E-state index in [9.17, 15) is 0 Å². The lowest BCUT2D eigenvalue weighted by molar-refractivity contribution is 0.536. The molecule has 0 fully saturated rings. The van der Waals surface area contributed by atoms with Gasteiger partial charge in [-0.15, -0.1) is 0 Å². The molecule has 4 nitrogen and oxygen atoms in total. The van der Waals surface area contributed by atoms with E-state index >= 15 is 0 Å². The second kappa shape index (κ2) is 7.97. The van der Waals surface area contributed by atoms with Crippen LogP contribution in [-0.4, -0.2) is 10.4 Å².